The van der Waals surface area contributed by atoms with E-state index in [1.165, 1.54) is 30.4 Å². The van der Waals surface area contributed by atoms with Gasteiger partial charge in [0.2, 0.25) is 5.91 Å². The van der Waals surface area contributed by atoms with Crippen LogP contribution in [-0.4, -0.2) is 46.5 Å². The van der Waals surface area contributed by atoms with E-state index in [9.17, 15) is 4.79 Å². The fourth-order valence-corrected chi connectivity index (χ4v) is 3.84. The van der Waals surface area contributed by atoms with Crippen molar-refractivity contribution in [2.45, 2.75) is 45.2 Å². The summed E-state index contributed by atoms with van der Waals surface area (Å²) < 4.78 is 0. The SMILES string of the molecule is Cc1ccc(CN2CCC(Nc3cc(N4CCCCC4)ncn3)C2=O)cc1. The lowest BCUT2D eigenvalue weighted by Gasteiger charge is -2.27. The number of aryl methyl sites for hydroxylation is 1. The third kappa shape index (κ3) is 4.21. The van der Waals surface area contributed by atoms with Crippen LogP contribution in [-0.2, 0) is 11.3 Å². The molecule has 0 bridgehead atoms. The molecule has 2 aliphatic heterocycles. The Hall–Kier alpha value is -2.63. The number of nitrogens with zero attached hydrogens (tertiary/aromatic N) is 4. The first-order valence-electron chi connectivity index (χ1n) is 9.87. The van der Waals surface area contributed by atoms with Crippen molar-refractivity contribution >= 4 is 17.5 Å². The maximum Gasteiger partial charge on any atom is 0.245 e. The van der Waals surface area contributed by atoms with Crippen LogP contribution in [0.3, 0.4) is 0 Å². The van der Waals surface area contributed by atoms with Gasteiger partial charge in [0.25, 0.3) is 0 Å². The Kier molecular flexibility index (Phi) is 5.23. The molecule has 0 aliphatic carbocycles. The molecule has 2 aromatic rings. The van der Waals surface area contributed by atoms with Crippen molar-refractivity contribution in [3.63, 3.8) is 0 Å². The van der Waals surface area contributed by atoms with Gasteiger partial charge in [0.05, 0.1) is 0 Å². The Labute approximate surface area is 160 Å². The molecule has 1 N–H and O–H groups in total. The average molecular weight is 365 g/mol. The van der Waals surface area contributed by atoms with Gasteiger partial charge in [0, 0.05) is 32.2 Å². The highest BCUT2D eigenvalue weighted by atomic mass is 16.2. The van der Waals surface area contributed by atoms with Crippen LogP contribution >= 0.6 is 0 Å². The minimum Gasteiger partial charge on any atom is -0.358 e. The Morgan fingerprint density at radius 1 is 1.07 bits per heavy atom. The summed E-state index contributed by atoms with van der Waals surface area (Å²) in [6.07, 6.45) is 6.10. The zero-order valence-corrected chi connectivity index (χ0v) is 15.9. The molecule has 2 fully saturated rings. The Morgan fingerprint density at radius 3 is 2.63 bits per heavy atom. The predicted octanol–water partition coefficient (Wildman–Crippen LogP) is 2.99. The molecule has 27 heavy (non-hydrogen) atoms. The van der Waals surface area contributed by atoms with Gasteiger partial charge in [-0.05, 0) is 38.2 Å². The molecule has 2 saturated heterocycles. The first kappa shape index (κ1) is 17.8. The molecule has 0 radical (unpaired) electrons. The van der Waals surface area contributed by atoms with Gasteiger partial charge in [0.1, 0.15) is 24.0 Å². The molecule has 1 aromatic carbocycles. The number of amides is 1. The van der Waals surface area contributed by atoms with Crippen molar-refractivity contribution in [2.75, 3.05) is 29.9 Å². The number of carbonyl (C=O) groups is 1. The number of benzene rings is 1. The number of hydrogen-bond donors (Lipinski definition) is 1. The normalized spacial score (nSPS) is 20.2. The van der Waals surface area contributed by atoms with E-state index in [0.717, 1.165) is 37.7 Å². The van der Waals surface area contributed by atoms with Crippen LogP contribution in [0.5, 0.6) is 0 Å². The molecule has 4 rings (SSSR count). The zero-order valence-electron chi connectivity index (χ0n) is 15.9. The van der Waals surface area contributed by atoms with Crippen LogP contribution in [0.4, 0.5) is 11.6 Å². The first-order valence-corrected chi connectivity index (χ1v) is 9.87. The summed E-state index contributed by atoms with van der Waals surface area (Å²) in [6, 6.07) is 10.1. The topological polar surface area (TPSA) is 61.4 Å². The number of hydrogen-bond acceptors (Lipinski definition) is 5. The minimum atomic E-state index is -0.209. The number of rotatable bonds is 5. The summed E-state index contributed by atoms with van der Waals surface area (Å²) in [5.74, 6) is 1.84. The van der Waals surface area contributed by atoms with Crippen molar-refractivity contribution in [2.24, 2.45) is 0 Å². The number of likely N-dealkylation sites (tertiary alicyclic amines) is 1. The molecular weight excluding hydrogens is 338 g/mol. The third-order valence-electron chi connectivity index (χ3n) is 5.45. The molecule has 0 spiro atoms. The highest BCUT2D eigenvalue weighted by Gasteiger charge is 2.31. The summed E-state index contributed by atoms with van der Waals surface area (Å²) in [6.45, 7) is 5.60. The zero-order chi connectivity index (χ0) is 18.6. The van der Waals surface area contributed by atoms with E-state index in [2.05, 4.69) is 51.4 Å². The lowest BCUT2D eigenvalue weighted by molar-refractivity contribution is -0.128. The van der Waals surface area contributed by atoms with Gasteiger partial charge in [-0.15, -0.1) is 0 Å². The summed E-state index contributed by atoms with van der Waals surface area (Å²) in [5.41, 5.74) is 2.41. The second-order valence-electron chi connectivity index (χ2n) is 7.54. The monoisotopic (exact) mass is 365 g/mol. The second-order valence-corrected chi connectivity index (χ2v) is 7.54. The molecule has 1 amide bonds. The number of aromatic nitrogens is 2. The lowest BCUT2D eigenvalue weighted by atomic mass is 10.1. The van der Waals surface area contributed by atoms with Crippen molar-refractivity contribution < 1.29 is 4.79 Å². The van der Waals surface area contributed by atoms with E-state index >= 15 is 0 Å². The number of nitrogens with one attached hydrogen (secondary N) is 1. The smallest absolute Gasteiger partial charge is 0.245 e. The van der Waals surface area contributed by atoms with Gasteiger partial charge in [-0.2, -0.15) is 0 Å². The predicted molar refractivity (Wildman–Crippen MR) is 107 cm³/mol. The maximum atomic E-state index is 12.8. The van der Waals surface area contributed by atoms with Crippen LogP contribution in [0.15, 0.2) is 36.7 Å². The van der Waals surface area contributed by atoms with Crippen molar-refractivity contribution in [1.29, 1.82) is 0 Å². The molecule has 3 heterocycles. The van der Waals surface area contributed by atoms with Gasteiger partial charge < -0.3 is 15.1 Å². The van der Waals surface area contributed by atoms with E-state index < -0.39 is 0 Å². The molecule has 2 aliphatic rings. The van der Waals surface area contributed by atoms with Gasteiger partial charge in [-0.1, -0.05) is 29.8 Å². The van der Waals surface area contributed by atoms with E-state index in [-0.39, 0.29) is 11.9 Å². The van der Waals surface area contributed by atoms with E-state index in [1.807, 2.05) is 11.0 Å². The van der Waals surface area contributed by atoms with Gasteiger partial charge in [-0.25, -0.2) is 9.97 Å². The van der Waals surface area contributed by atoms with Crippen molar-refractivity contribution in [3.05, 3.63) is 47.8 Å². The van der Waals surface area contributed by atoms with Crippen LogP contribution in [0, 0.1) is 6.92 Å². The van der Waals surface area contributed by atoms with Gasteiger partial charge in [0.15, 0.2) is 0 Å². The summed E-state index contributed by atoms with van der Waals surface area (Å²) in [7, 11) is 0. The fraction of sp³-hybridized carbons (Fsp3) is 0.476. The standard InChI is InChI=1S/C21H27N5O/c1-16-5-7-17(8-6-16)14-26-12-9-18(21(26)27)24-19-13-20(23-15-22-19)25-10-3-2-4-11-25/h5-8,13,15,18H,2-4,9-12,14H2,1H3,(H,22,23,24). The third-order valence-corrected chi connectivity index (χ3v) is 5.45. The molecule has 1 atom stereocenters. The number of carbonyl (C=O) groups excluding carboxylic acids is 1. The summed E-state index contributed by atoms with van der Waals surface area (Å²) in [5, 5.41) is 3.33. The first-order chi connectivity index (χ1) is 13.2. The molecule has 142 valence electrons. The lowest BCUT2D eigenvalue weighted by Crippen LogP contribution is -2.33. The van der Waals surface area contributed by atoms with E-state index in [0.29, 0.717) is 6.54 Å². The van der Waals surface area contributed by atoms with E-state index in [4.69, 9.17) is 0 Å². The number of anilines is 2. The quantitative estimate of drug-likeness (QED) is 0.883. The number of piperidine rings is 1. The van der Waals surface area contributed by atoms with Crippen molar-refractivity contribution in [3.8, 4) is 0 Å². The maximum absolute atomic E-state index is 12.8. The van der Waals surface area contributed by atoms with Gasteiger partial charge in [-0.3, -0.25) is 4.79 Å². The Balaban J connectivity index is 1.38. The second kappa shape index (κ2) is 7.94. The van der Waals surface area contributed by atoms with Gasteiger partial charge >= 0.3 is 0 Å². The molecule has 1 unspecified atom stereocenters. The van der Waals surface area contributed by atoms with E-state index in [1.54, 1.807) is 6.33 Å². The highest BCUT2D eigenvalue weighted by molar-refractivity contribution is 5.86. The Bertz CT molecular complexity index is 785. The average Bonchev–Trinajstić information content (AvgIpc) is 3.04. The van der Waals surface area contributed by atoms with Crippen LogP contribution < -0.4 is 10.2 Å². The molecule has 0 saturated carbocycles. The largest absolute Gasteiger partial charge is 0.358 e. The van der Waals surface area contributed by atoms with Crippen LogP contribution in [0.25, 0.3) is 0 Å². The van der Waals surface area contributed by atoms with Crippen LogP contribution in [0.1, 0.15) is 36.8 Å². The Morgan fingerprint density at radius 2 is 1.85 bits per heavy atom. The molecular formula is C21H27N5O. The highest BCUT2D eigenvalue weighted by Crippen LogP contribution is 2.22. The molecule has 1 aromatic heterocycles. The fourth-order valence-electron chi connectivity index (χ4n) is 3.84. The molecule has 6 heteroatoms. The summed E-state index contributed by atoms with van der Waals surface area (Å²) >= 11 is 0. The van der Waals surface area contributed by atoms with Crippen LogP contribution in [0.2, 0.25) is 0 Å². The van der Waals surface area contributed by atoms with Crippen molar-refractivity contribution in [1.82, 2.24) is 14.9 Å². The summed E-state index contributed by atoms with van der Waals surface area (Å²) in [4.78, 5) is 25.8. The molecule has 6 nitrogen and oxygen atoms in total. The minimum absolute atomic E-state index is 0.147.